The fourth-order valence-corrected chi connectivity index (χ4v) is 2.32. The Labute approximate surface area is 109 Å². The third kappa shape index (κ3) is 5.33. The second-order valence-corrected chi connectivity index (χ2v) is 5.19. The van der Waals surface area contributed by atoms with E-state index >= 15 is 0 Å². The molecule has 0 saturated carbocycles. The van der Waals surface area contributed by atoms with Gasteiger partial charge < -0.3 is 16.4 Å². The van der Waals surface area contributed by atoms with Crippen LogP contribution in [0.3, 0.4) is 0 Å². The lowest BCUT2D eigenvalue weighted by molar-refractivity contribution is 0.987. The number of hydrogen-bond donors (Lipinski definition) is 3. The molecule has 1 aromatic carbocycles. The molecular formula is C13H23N3S. The van der Waals surface area contributed by atoms with Gasteiger partial charge in [0, 0.05) is 37.3 Å². The van der Waals surface area contributed by atoms with Crippen molar-refractivity contribution in [3.8, 4) is 0 Å². The van der Waals surface area contributed by atoms with Crippen molar-refractivity contribution in [1.29, 1.82) is 0 Å². The van der Waals surface area contributed by atoms with E-state index < -0.39 is 0 Å². The molecule has 4 N–H and O–H groups in total. The molecule has 3 nitrogen and oxygen atoms in total. The van der Waals surface area contributed by atoms with Crippen LogP contribution >= 0.6 is 11.8 Å². The summed E-state index contributed by atoms with van der Waals surface area (Å²) in [5.41, 5.74) is 9.11. The summed E-state index contributed by atoms with van der Waals surface area (Å²) in [4.78, 5) is 0. The molecule has 0 aliphatic carbocycles. The summed E-state index contributed by atoms with van der Waals surface area (Å²) in [6.45, 7) is 3.94. The van der Waals surface area contributed by atoms with Gasteiger partial charge >= 0.3 is 0 Å². The Balaban J connectivity index is 2.27. The van der Waals surface area contributed by atoms with Gasteiger partial charge in [-0.1, -0.05) is 0 Å². The highest BCUT2D eigenvalue weighted by molar-refractivity contribution is 7.99. The summed E-state index contributed by atoms with van der Waals surface area (Å²) in [7, 11) is 1.94. The van der Waals surface area contributed by atoms with Crippen molar-refractivity contribution in [1.82, 2.24) is 0 Å². The minimum atomic E-state index is 0.780. The number of hydrogen-bond acceptors (Lipinski definition) is 4. The van der Waals surface area contributed by atoms with Gasteiger partial charge in [-0.15, -0.1) is 0 Å². The highest BCUT2D eigenvalue weighted by Crippen LogP contribution is 2.19. The lowest BCUT2D eigenvalue weighted by Gasteiger charge is -2.11. The number of rotatable bonds is 8. The van der Waals surface area contributed by atoms with E-state index in [0.29, 0.717) is 0 Å². The molecule has 0 fully saturated rings. The van der Waals surface area contributed by atoms with Crippen LogP contribution in [-0.2, 0) is 0 Å². The SMILES string of the molecule is CNc1ccc(NCCCSCCN)c(C)c1. The van der Waals surface area contributed by atoms with Crippen LogP contribution < -0.4 is 16.4 Å². The zero-order valence-electron chi connectivity index (χ0n) is 10.8. The Kier molecular flexibility index (Phi) is 6.89. The number of thioether (sulfide) groups is 1. The van der Waals surface area contributed by atoms with Crippen LogP contribution in [0.4, 0.5) is 11.4 Å². The number of benzene rings is 1. The van der Waals surface area contributed by atoms with E-state index in [0.717, 1.165) is 24.5 Å². The topological polar surface area (TPSA) is 50.1 Å². The first kappa shape index (κ1) is 14.2. The standard InChI is InChI=1S/C13H23N3S/c1-11-10-12(15-2)4-5-13(11)16-7-3-8-17-9-6-14/h4-5,10,15-16H,3,6-9,14H2,1-2H3. The Morgan fingerprint density at radius 1 is 1.29 bits per heavy atom. The van der Waals surface area contributed by atoms with Gasteiger partial charge in [-0.05, 0) is 42.9 Å². The molecule has 0 amide bonds. The average molecular weight is 253 g/mol. The highest BCUT2D eigenvalue weighted by Gasteiger charge is 1.98. The molecule has 0 radical (unpaired) electrons. The van der Waals surface area contributed by atoms with Crippen LogP contribution in [0.15, 0.2) is 18.2 Å². The number of nitrogens with one attached hydrogen (secondary N) is 2. The fourth-order valence-electron chi connectivity index (χ4n) is 1.60. The molecule has 0 unspecified atom stereocenters. The first-order chi connectivity index (χ1) is 8.27. The quantitative estimate of drug-likeness (QED) is 0.623. The van der Waals surface area contributed by atoms with Gasteiger partial charge in [0.05, 0.1) is 0 Å². The van der Waals surface area contributed by atoms with Crippen LogP contribution in [0.1, 0.15) is 12.0 Å². The molecule has 0 aliphatic heterocycles. The minimum Gasteiger partial charge on any atom is -0.388 e. The van der Waals surface area contributed by atoms with Crippen molar-refractivity contribution in [3.63, 3.8) is 0 Å². The van der Waals surface area contributed by atoms with Crippen LogP contribution in [0.25, 0.3) is 0 Å². The molecular weight excluding hydrogens is 230 g/mol. The van der Waals surface area contributed by atoms with E-state index in [1.165, 1.54) is 23.4 Å². The third-order valence-electron chi connectivity index (χ3n) is 2.56. The third-order valence-corrected chi connectivity index (χ3v) is 3.66. The van der Waals surface area contributed by atoms with Gasteiger partial charge in [0.1, 0.15) is 0 Å². The minimum absolute atomic E-state index is 0.780. The van der Waals surface area contributed by atoms with E-state index in [9.17, 15) is 0 Å². The molecule has 1 rings (SSSR count). The van der Waals surface area contributed by atoms with Crippen molar-refractivity contribution in [2.45, 2.75) is 13.3 Å². The molecule has 17 heavy (non-hydrogen) atoms. The summed E-state index contributed by atoms with van der Waals surface area (Å²) >= 11 is 1.92. The molecule has 0 aliphatic rings. The average Bonchev–Trinajstić information content (AvgIpc) is 2.35. The number of aryl methyl sites for hydroxylation is 1. The van der Waals surface area contributed by atoms with Gasteiger partial charge in [-0.2, -0.15) is 11.8 Å². The molecule has 96 valence electrons. The highest BCUT2D eigenvalue weighted by atomic mass is 32.2. The lowest BCUT2D eigenvalue weighted by Crippen LogP contribution is -2.06. The van der Waals surface area contributed by atoms with Gasteiger partial charge in [-0.3, -0.25) is 0 Å². The van der Waals surface area contributed by atoms with E-state index in [1.54, 1.807) is 0 Å². The molecule has 0 saturated heterocycles. The second-order valence-electron chi connectivity index (χ2n) is 3.96. The van der Waals surface area contributed by atoms with Gasteiger partial charge in [0.2, 0.25) is 0 Å². The molecule has 0 aromatic heterocycles. The van der Waals surface area contributed by atoms with Crippen molar-refractivity contribution in [2.75, 3.05) is 42.3 Å². The van der Waals surface area contributed by atoms with Gasteiger partial charge in [-0.25, -0.2) is 0 Å². The van der Waals surface area contributed by atoms with Crippen molar-refractivity contribution >= 4 is 23.1 Å². The van der Waals surface area contributed by atoms with E-state index in [2.05, 4.69) is 35.8 Å². The lowest BCUT2D eigenvalue weighted by atomic mass is 10.1. The normalized spacial score (nSPS) is 10.3. The maximum atomic E-state index is 5.44. The predicted octanol–water partition coefficient (Wildman–Crippen LogP) is 2.53. The monoisotopic (exact) mass is 253 g/mol. The Morgan fingerprint density at radius 3 is 2.76 bits per heavy atom. The molecule has 0 spiro atoms. The number of nitrogens with two attached hydrogens (primary N) is 1. The Morgan fingerprint density at radius 2 is 2.12 bits per heavy atom. The van der Waals surface area contributed by atoms with Crippen molar-refractivity contribution < 1.29 is 0 Å². The molecule has 0 bridgehead atoms. The largest absolute Gasteiger partial charge is 0.388 e. The smallest absolute Gasteiger partial charge is 0.0371 e. The Hall–Kier alpha value is -0.870. The van der Waals surface area contributed by atoms with Crippen LogP contribution in [0.2, 0.25) is 0 Å². The van der Waals surface area contributed by atoms with E-state index in [1.807, 2.05) is 18.8 Å². The Bertz CT molecular complexity index is 328. The maximum absolute atomic E-state index is 5.44. The van der Waals surface area contributed by atoms with Gasteiger partial charge in [0.15, 0.2) is 0 Å². The summed E-state index contributed by atoms with van der Waals surface area (Å²) in [6.07, 6.45) is 1.18. The van der Waals surface area contributed by atoms with Crippen molar-refractivity contribution in [2.24, 2.45) is 5.73 Å². The number of anilines is 2. The molecule has 0 heterocycles. The summed E-state index contributed by atoms with van der Waals surface area (Å²) < 4.78 is 0. The van der Waals surface area contributed by atoms with Crippen LogP contribution in [0, 0.1) is 6.92 Å². The fraction of sp³-hybridized carbons (Fsp3) is 0.538. The zero-order valence-corrected chi connectivity index (χ0v) is 11.6. The molecule has 4 heteroatoms. The zero-order chi connectivity index (χ0) is 12.5. The van der Waals surface area contributed by atoms with Crippen LogP contribution in [0.5, 0.6) is 0 Å². The molecule has 1 aromatic rings. The second kappa shape index (κ2) is 8.25. The van der Waals surface area contributed by atoms with Crippen molar-refractivity contribution in [3.05, 3.63) is 23.8 Å². The van der Waals surface area contributed by atoms with E-state index in [4.69, 9.17) is 5.73 Å². The summed E-state index contributed by atoms with van der Waals surface area (Å²) in [5.74, 6) is 2.24. The molecule has 0 atom stereocenters. The van der Waals surface area contributed by atoms with Gasteiger partial charge in [0.25, 0.3) is 0 Å². The first-order valence-electron chi connectivity index (χ1n) is 6.08. The van der Waals surface area contributed by atoms with E-state index in [-0.39, 0.29) is 0 Å². The maximum Gasteiger partial charge on any atom is 0.0371 e. The summed E-state index contributed by atoms with van der Waals surface area (Å²) in [6, 6.07) is 6.39. The predicted molar refractivity (Wildman–Crippen MR) is 80.2 cm³/mol. The summed E-state index contributed by atoms with van der Waals surface area (Å²) in [5, 5.41) is 6.61. The first-order valence-corrected chi connectivity index (χ1v) is 7.23. The van der Waals surface area contributed by atoms with Crippen LogP contribution in [-0.4, -0.2) is 31.6 Å².